The minimum atomic E-state index is -0.291. The molecule has 1 aliphatic heterocycles. The quantitative estimate of drug-likeness (QED) is 0.796. The normalized spacial score (nSPS) is 18.9. The fourth-order valence-electron chi connectivity index (χ4n) is 2.02. The first-order valence-corrected chi connectivity index (χ1v) is 5.96. The Hall–Kier alpha value is -1.29. The molecular formula is C13H19FN2O. The molecule has 3 N–H and O–H groups in total. The van der Waals surface area contributed by atoms with Crippen molar-refractivity contribution in [1.29, 1.82) is 0 Å². The molecule has 0 radical (unpaired) electrons. The number of nitrogens with one attached hydrogen (secondary N) is 1. The third-order valence-electron chi connectivity index (χ3n) is 3.40. The molecule has 4 heteroatoms. The van der Waals surface area contributed by atoms with E-state index in [2.05, 4.69) is 12.2 Å². The largest absolute Gasteiger partial charge is 0.399 e. The van der Waals surface area contributed by atoms with Crippen molar-refractivity contribution < 1.29 is 9.13 Å². The van der Waals surface area contributed by atoms with Gasteiger partial charge in [-0.25, -0.2) is 4.39 Å². The molecule has 0 bridgehead atoms. The van der Waals surface area contributed by atoms with Crippen LogP contribution in [0.2, 0.25) is 0 Å². The predicted molar refractivity (Wildman–Crippen MR) is 67.5 cm³/mol. The second kappa shape index (κ2) is 4.92. The van der Waals surface area contributed by atoms with Crippen LogP contribution in [-0.4, -0.2) is 19.8 Å². The van der Waals surface area contributed by atoms with Crippen LogP contribution >= 0.6 is 0 Å². The Bertz CT molecular complexity index is 389. The van der Waals surface area contributed by atoms with Gasteiger partial charge in [0.2, 0.25) is 0 Å². The monoisotopic (exact) mass is 238 g/mol. The Kier molecular flexibility index (Phi) is 3.52. The third kappa shape index (κ3) is 3.09. The molecule has 1 aromatic carbocycles. The molecule has 94 valence electrons. The molecule has 1 aromatic rings. The highest BCUT2D eigenvalue weighted by Gasteiger charge is 2.27. The Balaban J connectivity index is 1.97. The van der Waals surface area contributed by atoms with E-state index in [0.717, 1.165) is 32.6 Å². The predicted octanol–water partition coefficient (Wildman–Crippen LogP) is 2.64. The van der Waals surface area contributed by atoms with E-state index in [1.807, 2.05) is 0 Å². The van der Waals surface area contributed by atoms with Crippen LogP contribution in [0.5, 0.6) is 0 Å². The Morgan fingerprint density at radius 2 is 2.12 bits per heavy atom. The molecule has 0 amide bonds. The number of hydrogen-bond acceptors (Lipinski definition) is 3. The molecule has 0 spiro atoms. The first-order valence-electron chi connectivity index (χ1n) is 5.96. The molecule has 1 aliphatic rings. The van der Waals surface area contributed by atoms with Crippen LogP contribution in [0.3, 0.4) is 0 Å². The highest BCUT2D eigenvalue weighted by atomic mass is 19.1. The minimum Gasteiger partial charge on any atom is -0.399 e. The number of halogens is 1. The summed E-state index contributed by atoms with van der Waals surface area (Å²) in [6, 6.07) is 4.74. The van der Waals surface area contributed by atoms with Gasteiger partial charge in [-0.1, -0.05) is 6.92 Å². The van der Waals surface area contributed by atoms with Crippen molar-refractivity contribution in [3.05, 3.63) is 24.0 Å². The second-order valence-corrected chi connectivity index (χ2v) is 5.02. The van der Waals surface area contributed by atoms with Gasteiger partial charge in [-0.2, -0.15) is 0 Å². The standard InChI is InChI=1S/C13H19FN2O/c1-13(4-6-17-7-5-13)9-16-12-3-2-10(15)8-11(12)14/h2-3,8,16H,4-7,9,15H2,1H3. The van der Waals surface area contributed by atoms with E-state index < -0.39 is 0 Å². The minimum absolute atomic E-state index is 0.187. The van der Waals surface area contributed by atoms with Gasteiger partial charge in [-0.05, 0) is 36.5 Å². The maximum absolute atomic E-state index is 13.6. The van der Waals surface area contributed by atoms with Gasteiger partial charge in [-0.3, -0.25) is 0 Å². The first-order chi connectivity index (χ1) is 8.09. The van der Waals surface area contributed by atoms with Crippen LogP contribution in [-0.2, 0) is 4.74 Å². The zero-order valence-corrected chi connectivity index (χ0v) is 10.1. The molecule has 0 aliphatic carbocycles. The van der Waals surface area contributed by atoms with E-state index in [0.29, 0.717) is 11.4 Å². The van der Waals surface area contributed by atoms with E-state index in [4.69, 9.17) is 10.5 Å². The summed E-state index contributed by atoms with van der Waals surface area (Å²) in [5, 5.41) is 3.16. The number of hydrogen-bond donors (Lipinski definition) is 2. The molecule has 3 nitrogen and oxygen atoms in total. The fraction of sp³-hybridized carbons (Fsp3) is 0.538. The molecule has 0 saturated carbocycles. The summed E-state index contributed by atoms with van der Waals surface area (Å²) >= 11 is 0. The average Bonchev–Trinajstić information content (AvgIpc) is 2.29. The molecule has 0 unspecified atom stereocenters. The topological polar surface area (TPSA) is 47.3 Å². The number of benzene rings is 1. The second-order valence-electron chi connectivity index (χ2n) is 5.02. The zero-order valence-electron chi connectivity index (χ0n) is 10.1. The van der Waals surface area contributed by atoms with Crippen LogP contribution in [0.1, 0.15) is 19.8 Å². The third-order valence-corrected chi connectivity index (χ3v) is 3.40. The highest BCUT2D eigenvalue weighted by Crippen LogP contribution is 2.30. The van der Waals surface area contributed by atoms with E-state index >= 15 is 0 Å². The first kappa shape index (κ1) is 12.2. The SMILES string of the molecule is CC1(CNc2ccc(N)cc2F)CCOCC1. The summed E-state index contributed by atoms with van der Waals surface area (Å²) in [4.78, 5) is 0. The van der Waals surface area contributed by atoms with Gasteiger partial charge in [0, 0.05) is 25.4 Å². The maximum Gasteiger partial charge on any atom is 0.148 e. The lowest BCUT2D eigenvalue weighted by Gasteiger charge is -2.34. The molecule has 17 heavy (non-hydrogen) atoms. The van der Waals surface area contributed by atoms with Gasteiger partial charge < -0.3 is 15.8 Å². The van der Waals surface area contributed by atoms with Crippen molar-refractivity contribution in [1.82, 2.24) is 0 Å². The van der Waals surface area contributed by atoms with Gasteiger partial charge >= 0.3 is 0 Å². The van der Waals surface area contributed by atoms with Crippen LogP contribution in [0, 0.1) is 11.2 Å². The van der Waals surface area contributed by atoms with E-state index in [9.17, 15) is 4.39 Å². The Morgan fingerprint density at radius 3 is 2.76 bits per heavy atom. The highest BCUT2D eigenvalue weighted by molar-refractivity contribution is 5.52. The number of anilines is 2. The maximum atomic E-state index is 13.6. The summed E-state index contributed by atoms with van der Waals surface area (Å²) in [6.07, 6.45) is 2.02. The van der Waals surface area contributed by atoms with Gasteiger partial charge in [0.25, 0.3) is 0 Å². The average molecular weight is 238 g/mol. The van der Waals surface area contributed by atoms with Crippen molar-refractivity contribution in [3.63, 3.8) is 0 Å². The number of ether oxygens (including phenoxy) is 1. The lowest BCUT2D eigenvalue weighted by molar-refractivity contribution is 0.0300. The number of rotatable bonds is 3. The smallest absolute Gasteiger partial charge is 0.148 e. The summed E-state index contributed by atoms with van der Waals surface area (Å²) in [7, 11) is 0. The summed E-state index contributed by atoms with van der Waals surface area (Å²) in [5.74, 6) is -0.291. The van der Waals surface area contributed by atoms with Crippen LogP contribution in [0.4, 0.5) is 15.8 Å². The molecule has 1 heterocycles. The Morgan fingerprint density at radius 1 is 1.41 bits per heavy atom. The number of nitrogen functional groups attached to an aromatic ring is 1. The van der Waals surface area contributed by atoms with Gasteiger partial charge in [0.05, 0.1) is 5.69 Å². The van der Waals surface area contributed by atoms with Crippen LogP contribution < -0.4 is 11.1 Å². The van der Waals surface area contributed by atoms with Crippen LogP contribution in [0.25, 0.3) is 0 Å². The fourth-order valence-corrected chi connectivity index (χ4v) is 2.02. The van der Waals surface area contributed by atoms with Crippen molar-refractivity contribution in [3.8, 4) is 0 Å². The van der Waals surface area contributed by atoms with E-state index in [1.54, 1.807) is 12.1 Å². The molecule has 1 fully saturated rings. The molecule has 0 atom stereocenters. The van der Waals surface area contributed by atoms with Gasteiger partial charge in [0.15, 0.2) is 0 Å². The summed E-state index contributed by atoms with van der Waals surface area (Å²) < 4.78 is 18.9. The lowest BCUT2D eigenvalue weighted by atomic mass is 9.82. The lowest BCUT2D eigenvalue weighted by Crippen LogP contribution is -2.33. The van der Waals surface area contributed by atoms with Crippen molar-refractivity contribution >= 4 is 11.4 Å². The Labute approximate surface area is 101 Å². The van der Waals surface area contributed by atoms with Gasteiger partial charge in [-0.15, -0.1) is 0 Å². The molecule has 0 aromatic heterocycles. The van der Waals surface area contributed by atoms with E-state index in [-0.39, 0.29) is 11.2 Å². The van der Waals surface area contributed by atoms with Crippen molar-refractivity contribution in [2.45, 2.75) is 19.8 Å². The molecule has 1 saturated heterocycles. The zero-order chi connectivity index (χ0) is 12.3. The summed E-state index contributed by atoms with van der Waals surface area (Å²) in [5.41, 5.74) is 6.66. The van der Waals surface area contributed by atoms with E-state index in [1.165, 1.54) is 6.07 Å². The van der Waals surface area contributed by atoms with Crippen molar-refractivity contribution in [2.75, 3.05) is 30.8 Å². The molecular weight excluding hydrogens is 219 g/mol. The summed E-state index contributed by atoms with van der Waals surface area (Å²) in [6.45, 7) is 4.56. The van der Waals surface area contributed by atoms with Crippen molar-refractivity contribution in [2.24, 2.45) is 5.41 Å². The van der Waals surface area contributed by atoms with Crippen LogP contribution in [0.15, 0.2) is 18.2 Å². The number of nitrogens with two attached hydrogens (primary N) is 1. The van der Waals surface area contributed by atoms with Gasteiger partial charge in [0.1, 0.15) is 5.82 Å². The molecule has 2 rings (SSSR count).